The van der Waals surface area contributed by atoms with Crippen molar-refractivity contribution in [2.24, 2.45) is 17.3 Å². The molecule has 0 aromatic heterocycles. The van der Waals surface area contributed by atoms with Gasteiger partial charge in [-0.05, 0) is 11.5 Å². The molecule has 1 fully saturated rings. The van der Waals surface area contributed by atoms with Gasteiger partial charge in [0.05, 0.1) is 28.1 Å². The standard InChI is InChI=1S/C17H16Cl2F4O3/c1-17(2)9(4-10(20)21)11(17)16(24)26-6-7-12(18)14(22)8(5-25-3)15(23)13(7)19/h4,9,11H,5-6H2,1-3H3/t9-,11+/m1/s1. The molecule has 9 heteroatoms. The van der Waals surface area contributed by atoms with Gasteiger partial charge in [-0.3, -0.25) is 4.79 Å². The lowest BCUT2D eigenvalue weighted by Gasteiger charge is -2.14. The van der Waals surface area contributed by atoms with Crippen molar-refractivity contribution in [1.29, 1.82) is 0 Å². The molecular weight excluding hydrogens is 399 g/mol. The van der Waals surface area contributed by atoms with Crippen molar-refractivity contribution in [3.05, 3.63) is 45.0 Å². The van der Waals surface area contributed by atoms with Gasteiger partial charge in [-0.25, -0.2) is 8.78 Å². The molecule has 0 aliphatic heterocycles. The van der Waals surface area contributed by atoms with Crippen LogP contribution in [0.1, 0.15) is 25.0 Å². The SMILES string of the molecule is COCc1c(F)c(Cl)c(COC(=O)[C@@H]2[C@@H](C=C(F)F)C2(C)C)c(Cl)c1F. The van der Waals surface area contributed by atoms with E-state index in [1.54, 1.807) is 13.8 Å². The number of hydrogen-bond donors (Lipinski definition) is 0. The first-order chi connectivity index (χ1) is 12.0. The fourth-order valence-electron chi connectivity index (χ4n) is 2.93. The molecule has 1 saturated carbocycles. The van der Waals surface area contributed by atoms with Crippen molar-refractivity contribution in [3.8, 4) is 0 Å². The summed E-state index contributed by atoms with van der Waals surface area (Å²) in [7, 11) is 1.25. The van der Waals surface area contributed by atoms with Crippen LogP contribution < -0.4 is 0 Å². The molecule has 2 atom stereocenters. The molecule has 0 amide bonds. The summed E-state index contributed by atoms with van der Waals surface area (Å²) in [5.41, 5.74) is -1.38. The monoisotopic (exact) mass is 414 g/mol. The van der Waals surface area contributed by atoms with Gasteiger partial charge in [-0.1, -0.05) is 37.0 Å². The van der Waals surface area contributed by atoms with E-state index in [0.717, 1.165) is 0 Å². The molecule has 144 valence electrons. The van der Waals surface area contributed by atoms with Crippen molar-refractivity contribution in [3.63, 3.8) is 0 Å². The highest BCUT2D eigenvalue weighted by atomic mass is 35.5. The summed E-state index contributed by atoms with van der Waals surface area (Å²) in [6.45, 7) is 2.32. The number of benzene rings is 1. The van der Waals surface area contributed by atoms with Gasteiger partial charge in [0.15, 0.2) is 11.6 Å². The lowest BCUT2D eigenvalue weighted by Crippen LogP contribution is -2.12. The van der Waals surface area contributed by atoms with E-state index in [1.165, 1.54) is 7.11 Å². The van der Waals surface area contributed by atoms with E-state index in [2.05, 4.69) is 0 Å². The highest BCUT2D eigenvalue weighted by Crippen LogP contribution is 2.60. The second kappa shape index (κ2) is 7.74. The number of allylic oxidation sites excluding steroid dienone is 1. The minimum Gasteiger partial charge on any atom is -0.460 e. The number of methoxy groups -OCH3 is 1. The van der Waals surface area contributed by atoms with Crippen molar-refractivity contribution < 1.29 is 31.8 Å². The molecule has 0 N–H and O–H groups in total. The van der Waals surface area contributed by atoms with E-state index < -0.39 is 63.2 Å². The van der Waals surface area contributed by atoms with Crippen LogP contribution in [0.2, 0.25) is 10.0 Å². The fraction of sp³-hybridized carbons (Fsp3) is 0.471. The van der Waals surface area contributed by atoms with E-state index in [9.17, 15) is 22.4 Å². The van der Waals surface area contributed by atoms with Crippen LogP contribution in [0.5, 0.6) is 0 Å². The van der Waals surface area contributed by atoms with Crippen molar-refractivity contribution in [2.45, 2.75) is 27.1 Å². The topological polar surface area (TPSA) is 35.5 Å². The molecule has 1 aromatic rings. The maximum Gasteiger partial charge on any atom is 0.310 e. The zero-order valence-electron chi connectivity index (χ0n) is 14.1. The van der Waals surface area contributed by atoms with Crippen LogP contribution in [0.4, 0.5) is 17.6 Å². The van der Waals surface area contributed by atoms with E-state index in [1.807, 2.05) is 0 Å². The minimum absolute atomic E-state index is 0.237. The third kappa shape index (κ3) is 3.85. The van der Waals surface area contributed by atoms with E-state index in [4.69, 9.17) is 32.7 Å². The largest absolute Gasteiger partial charge is 0.460 e. The quantitative estimate of drug-likeness (QED) is 0.349. The molecule has 2 rings (SSSR count). The average molecular weight is 415 g/mol. The van der Waals surface area contributed by atoms with Gasteiger partial charge in [0.25, 0.3) is 6.08 Å². The second-order valence-electron chi connectivity index (χ2n) is 6.53. The molecule has 0 radical (unpaired) electrons. The zero-order valence-corrected chi connectivity index (χ0v) is 15.7. The number of esters is 1. The molecule has 1 aromatic carbocycles. The third-order valence-electron chi connectivity index (χ3n) is 4.56. The predicted octanol–water partition coefficient (Wildman–Crippen LogP) is 5.51. The Kier molecular flexibility index (Phi) is 6.25. The first-order valence-corrected chi connectivity index (χ1v) is 8.31. The summed E-state index contributed by atoms with van der Waals surface area (Å²) in [5.74, 6) is -4.36. The number of carbonyl (C=O) groups is 1. The summed E-state index contributed by atoms with van der Waals surface area (Å²) in [6.07, 6.45) is -1.19. The van der Waals surface area contributed by atoms with Crippen molar-refractivity contribution in [2.75, 3.05) is 7.11 Å². The average Bonchev–Trinajstić information content (AvgIpc) is 3.09. The lowest BCUT2D eigenvalue weighted by atomic mass is 10.1. The van der Waals surface area contributed by atoms with Gasteiger partial charge < -0.3 is 9.47 Å². The summed E-state index contributed by atoms with van der Waals surface area (Å²) < 4.78 is 62.9. The number of ether oxygens (including phenoxy) is 2. The molecule has 26 heavy (non-hydrogen) atoms. The van der Waals surface area contributed by atoms with Crippen LogP contribution in [0, 0.1) is 28.9 Å². The molecule has 0 saturated heterocycles. The molecular formula is C17H16Cl2F4O3. The van der Waals surface area contributed by atoms with Crippen LogP contribution in [-0.2, 0) is 27.5 Å². The number of halogens is 6. The number of carbonyl (C=O) groups excluding carboxylic acids is 1. The van der Waals surface area contributed by atoms with Gasteiger partial charge in [0, 0.05) is 18.6 Å². The van der Waals surface area contributed by atoms with Crippen LogP contribution in [0.25, 0.3) is 0 Å². The van der Waals surface area contributed by atoms with Crippen LogP contribution >= 0.6 is 23.2 Å². The zero-order chi connectivity index (χ0) is 19.8. The van der Waals surface area contributed by atoms with E-state index in [0.29, 0.717) is 6.08 Å². The maximum absolute atomic E-state index is 14.2. The van der Waals surface area contributed by atoms with Gasteiger partial charge >= 0.3 is 5.97 Å². The van der Waals surface area contributed by atoms with Crippen LogP contribution in [0.3, 0.4) is 0 Å². The lowest BCUT2D eigenvalue weighted by molar-refractivity contribution is -0.147. The highest BCUT2D eigenvalue weighted by molar-refractivity contribution is 6.36. The minimum atomic E-state index is -1.89. The maximum atomic E-state index is 14.2. The predicted molar refractivity (Wildman–Crippen MR) is 87.9 cm³/mol. The normalized spacial score (nSPS) is 20.7. The second-order valence-corrected chi connectivity index (χ2v) is 7.29. The van der Waals surface area contributed by atoms with Crippen molar-refractivity contribution in [1.82, 2.24) is 0 Å². The van der Waals surface area contributed by atoms with Crippen LogP contribution in [-0.4, -0.2) is 13.1 Å². The number of hydrogen-bond acceptors (Lipinski definition) is 3. The Labute approximate surface area is 157 Å². The molecule has 0 bridgehead atoms. The Balaban J connectivity index is 2.18. The Morgan fingerprint density at radius 3 is 2.12 bits per heavy atom. The first-order valence-electron chi connectivity index (χ1n) is 7.56. The molecule has 0 unspecified atom stereocenters. The smallest absolute Gasteiger partial charge is 0.310 e. The van der Waals surface area contributed by atoms with Gasteiger partial charge in [-0.2, -0.15) is 8.78 Å². The van der Waals surface area contributed by atoms with E-state index >= 15 is 0 Å². The summed E-state index contributed by atoms with van der Waals surface area (Å²) >= 11 is 11.7. The summed E-state index contributed by atoms with van der Waals surface area (Å²) in [5, 5.41) is -0.977. The molecule has 1 aliphatic carbocycles. The van der Waals surface area contributed by atoms with Crippen LogP contribution in [0.15, 0.2) is 12.2 Å². The fourth-order valence-corrected chi connectivity index (χ4v) is 3.50. The Morgan fingerprint density at radius 1 is 1.12 bits per heavy atom. The Bertz CT molecular complexity index is 732. The summed E-state index contributed by atoms with van der Waals surface area (Å²) in [4.78, 5) is 12.2. The number of rotatable bonds is 6. The van der Waals surface area contributed by atoms with Gasteiger partial charge in [-0.15, -0.1) is 0 Å². The van der Waals surface area contributed by atoms with Gasteiger partial charge in [0.1, 0.15) is 6.61 Å². The first kappa shape index (κ1) is 21.0. The van der Waals surface area contributed by atoms with Gasteiger partial charge in [0.2, 0.25) is 0 Å². The Morgan fingerprint density at radius 2 is 1.65 bits per heavy atom. The third-order valence-corrected chi connectivity index (χ3v) is 5.35. The molecule has 3 nitrogen and oxygen atoms in total. The summed E-state index contributed by atoms with van der Waals surface area (Å²) in [6, 6.07) is 0. The molecule has 1 aliphatic rings. The highest BCUT2D eigenvalue weighted by Gasteiger charge is 2.62. The Hall–Kier alpha value is -1.31. The molecule has 0 spiro atoms. The molecule has 0 heterocycles. The van der Waals surface area contributed by atoms with Crippen molar-refractivity contribution >= 4 is 29.2 Å². The van der Waals surface area contributed by atoms with E-state index in [-0.39, 0.29) is 12.2 Å².